The van der Waals surface area contributed by atoms with Gasteiger partial charge in [0.05, 0.1) is 34.0 Å². The molecule has 7 rings (SSSR count). The van der Waals surface area contributed by atoms with Crippen molar-refractivity contribution >= 4 is 58.2 Å². The fourth-order valence-electron chi connectivity index (χ4n) is 11.2. The van der Waals surface area contributed by atoms with E-state index in [1.165, 1.54) is 38.4 Å². The average molecular weight is 904 g/mol. The Kier molecular flexibility index (Phi) is 21.3. The molecule has 6 aliphatic rings. The Morgan fingerprint density at radius 1 is 0.408 bits per heavy atom. The van der Waals surface area contributed by atoms with Crippen LogP contribution in [0, 0.1) is 0 Å². The van der Waals surface area contributed by atoms with Crippen LogP contribution >= 0.6 is 35.2 Å². The van der Waals surface area contributed by atoms with Gasteiger partial charge in [-0.05, 0) is 154 Å². The van der Waals surface area contributed by atoms with E-state index in [0.717, 1.165) is 0 Å². The molecule has 6 heteroatoms. The molecule has 49 heavy (non-hydrogen) atoms. The third kappa shape index (κ3) is 15.0. The van der Waals surface area contributed by atoms with Crippen LogP contribution in [0.25, 0.3) is 0 Å². The second-order valence-electron chi connectivity index (χ2n) is 16.7. The van der Waals surface area contributed by atoms with Gasteiger partial charge in [-0.1, -0.05) is 38.5 Å². The summed E-state index contributed by atoms with van der Waals surface area (Å²) in [6.07, 6.45) is 47.6. The molecule has 6 fully saturated rings. The maximum atomic E-state index is 5.70. The normalized spacial score (nSPS) is 24.9. The van der Waals surface area contributed by atoms with E-state index in [1.54, 1.807) is 193 Å². The van der Waals surface area contributed by atoms with E-state index in [-0.39, 0.29) is 15.8 Å². The van der Waals surface area contributed by atoms with Gasteiger partial charge in [-0.3, -0.25) is 0 Å². The van der Waals surface area contributed by atoms with Crippen molar-refractivity contribution < 1.29 is 13.5 Å². The molecule has 0 radical (unpaired) electrons. The van der Waals surface area contributed by atoms with E-state index in [9.17, 15) is 0 Å². The van der Waals surface area contributed by atoms with Gasteiger partial charge < -0.3 is 0 Å². The zero-order chi connectivity index (χ0) is 33.9. The average Bonchev–Trinajstić information content (AvgIpc) is 3.18. The van der Waals surface area contributed by atoms with E-state index in [4.69, 9.17) is 19.4 Å². The van der Waals surface area contributed by atoms with Crippen molar-refractivity contribution in [1.82, 2.24) is 0 Å². The summed E-state index contributed by atoms with van der Waals surface area (Å²) in [7, 11) is 11.3. The molecule has 0 amide bonds. The molecule has 1 aromatic carbocycles. The van der Waals surface area contributed by atoms with Crippen molar-refractivity contribution in [1.29, 1.82) is 0 Å². The molecule has 0 aromatic heterocycles. The zero-order valence-electron chi connectivity index (χ0n) is 31.2. The van der Waals surface area contributed by atoms with Crippen LogP contribution in [-0.2, 0) is 13.5 Å². The summed E-state index contributed by atoms with van der Waals surface area (Å²) in [5, 5.41) is 0. The molecule has 0 unspecified atom stereocenters. The summed E-state index contributed by atoms with van der Waals surface area (Å²) in [6, 6.07) is 10.3. The molecule has 1 aromatic rings. The third-order valence-corrected chi connectivity index (χ3v) is 30.7. The SMILES string of the molecule is C1CCC([PH+](C2CCCCC2)C2CCCCC2)CC1.C1CCC([PH+](C2CCCCC2)C2CCCCC2)CC1.[Cl][Ru]([Cl])=[CH][Se]c1ccccc1. The fourth-order valence-corrected chi connectivity index (χ4v) is 26.6. The summed E-state index contributed by atoms with van der Waals surface area (Å²) in [4.78, 5) is 0. The molecule has 0 heterocycles. The van der Waals surface area contributed by atoms with Crippen molar-refractivity contribution in [2.45, 2.75) is 227 Å². The minimum atomic E-state index is -1.53. The van der Waals surface area contributed by atoms with E-state index >= 15 is 0 Å². The Balaban J connectivity index is 0.000000149. The molecule has 282 valence electrons. The monoisotopic (exact) mass is 904 g/mol. The van der Waals surface area contributed by atoms with Crippen molar-refractivity contribution in [2.75, 3.05) is 0 Å². The van der Waals surface area contributed by atoms with Gasteiger partial charge in [0.2, 0.25) is 0 Å². The molecule has 0 N–H and O–H groups in total. The molecule has 0 spiro atoms. The summed E-state index contributed by atoms with van der Waals surface area (Å²) < 4.78 is 3.40. The maximum absolute atomic E-state index is 5.70. The van der Waals surface area contributed by atoms with Gasteiger partial charge in [0.25, 0.3) is 0 Å². The van der Waals surface area contributed by atoms with Crippen molar-refractivity contribution in [2.24, 2.45) is 0 Å². The number of rotatable bonds is 8. The predicted octanol–water partition coefficient (Wildman–Crippen LogP) is 14.1. The molecule has 6 saturated carbocycles. The van der Waals surface area contributed by atoms with Gasteiger partial charge in [-0.2, -0.15) is 0 Å². The molecular weight excluding hydrogens is 829 g/mol. The summed E-state index contributed by atoms with van der Waals surface area (Å²) in [6.45, 7) is 0. The number of benzene rings is 1. The van der Waals surface area contributed by atoms with Crippen molar-refractivity contribution in [3.05, 3.63) is 30.3 Å². The zero-order valence-corrected chi connectivity index (χ0v) is 38.1. The molecule has 6 aliphatic carbocycles. The van der Waals surface area contributed by atoms with Gasteiger partial charge in [0.15, 0.2) is 0 Å². The number of hydrogen-bond acceptors (Lipinski definition) is 0. The van der Waals surface area contributed by atoms with Crippen molar-refractivity contribution in [3.63, 3.8) is 0 Å². The Morgan fingerprint density at radius 2 is 0.653 bits per heavy atom. The van der Waals surface area contributed by atoms with Crippen LogP contribution in [0.4, 0.5) is 0 Å². The van der Waals surface area contributed by atoms with E-state index in [1.807, 2.05) is 18.2 Å². The molecule has 0 aliphatic heterocycles. The first-order valence-electron chi connectivity index (χ1n) is 21.5. The van der Waals surface area contributed by atoms with Gasteiger partial charge >= 0.3 is 86.2 Å². The van der Waals surface area contributed by atoms with Gasteiger partial charge in [0.1, 0.15) is 0 Å². The van der Waals surface area contributed by atoms with E-state index < -0.39 is 13.5 Å². The predicted molar refractivity (Wildman–Crippen MR) is 227 cm³/mol. The Bertz CT molecular complexity index is 862. The summed E-state index contributed by atoms with van der Waals surface area (Å²) in [5.74, 6) is 0. The standard InChI is InChI=1S/2C18H33P.C7H6Se.2ClH.Ru/c2*1-4-10-16(11-5-1)19(17-12-6-2-7-13-17)18-14-8-3-9-15-18;1-8-7-5-3-2-4-6-7;;;/h2*16-18H,1-15H2;1-6H;2*1H;/q;;;;;+2. The summed E-state index contributed by atoms with van der Waals surface area (Å²) in [5.41, 5.74) is 7.36. The molecular formula is C43H74Cl2P2RuSe+2. The molecule has 0 nitrogen and oxygen atoms in total. The summed E-state index contributed by atoms with van der Waals surface area (Å²) >= 11 is -1.17. The van der Waals surface area contributed by atoms with Crippen LogP contribution in [0.1, 0.15) is 193 Å². The minimum absolute atomic E-state index is 0.0465. The van der Waals surface area contributed by atoms with Gasteiger partial charge in [-0.15, -0.1) is 0 Å². The second-order valence-corrected chi connectivity index (χ2v) is 32.8. The van der Waals surface area contributed by atoms with Crippen LogP contribution in [0.3, 0.4) is 0 Å². The van der Waals surface area contributed by atoms with E-state index in [0.29, 0.717) is 15.0 Å². The first-order valence-corrected chi connectivity index (χ1v) is 32.2. The molecule has 0 saturated heterocycles. The van der Waals surface area contributed by atoms with Crippen molar-refractivity contribution in [3.8, 4) is 0 Å². The first-order chi connectivity index (χ1) is 24.2. The fraction of sp³-hybridized carbons (Fsp3) is 0.837. The van der Waals surface area contributed by atoms with Crippen LogP contribution in [0.5, 0.6) is 0 Å². The van der Waals surface area contributed by atoms with Gasteiger partial charge in [0, 0.05) is 15.8 Å². The number of hydrogen-bond donors (Lipinski definition) is 0. The van der Waals surface area contributed by atoms with Crippen LogP contribution < -0.4 is 4.46 Å². The Morgan fingerprint density at radius 3 is 0.878 bits per heavy atom. The molecule has 0 bridgehead atoms. The third-order valence-electron chi connectivity index (χ3n) is 13.4. The quantitative estimate of drug-likeness (QED) is 0.180. The van der Waals surface area contributed by atoms with Crippen LogP contribution in [0.2, 0.25) is 0 Å². The van der Waals surface area contributed by atoms with Gasteiger partial charge in [-0.25, -0.2) is 0 Å². The van der Waals surface area contributed by atoms with Crippen LogP contribution in [-0.4, -0.2) is 52.4 Å². The molecule has 0 atom stereocenters. The Hall–Kier alpha value is 1.67. The number of halogens is 2. The topological polar surface area (TPSA) is 0 Å². The van der Waals surface area contributed by atoms with Crippen LogP contribution in [0.15, 0.2) is 30.3 Å². The first kappa shape index (κ1) is 41.8. The second kappa shape index (κ2) is 25.0. The van der Waals surface area contributed by atoms with E-state index in [2.05, 4.69) is 15.6 Å². The Labute approximate surface area is 326 Å².